The molecule has 10 aromatic rings. The molecule has 0 N–H and O–H groups in total. The largest absolute Gasteiger partial charge is 0.464 e. The van der Waals surface area contributed by atoms with Gasteiger partial charge in [-0.05, 0) is 99.1 Å². The van der Waals surface area contributed by atoms with E-state index >= 15 is 0 Å². The molecule has 0 spiro atoms. The maximum Gasteiger partial charge on any atom is 0.142 e. The van der Waals surface area contributed by atoms with Gasteiger partial charge in [-0.15, -0.1) is 22.7 Å². The van der Waals surface area contributed by atoms with Crippen LogP contribution in [-0.2, 0) is 5.41 Å². The molecule has 0 bridgehead atoms. The number of anilines is 3. The van der Waals surface area contributed by atoms with Crippen LogP contribution in [0.5, 0.6) is 5.75 Å². The Hall–Kier alpha value is -6.98. The summed E-state index contributed by atoms with van der Waals surface area (Å²) in [6, 6.07) is 60.5. The van der Waals surface area contributed by atoms with Gasteiger partial charge in [0.15, 0.2) is 0 Å². The highest BCUT2D eigenvalue weighted by Crippen LogP contribution is 2.56. The Balaban J connectivity index is 0.994. The van der Waals surface area contributed by atoms with Crippen molar-refractivity contribution in [1.29, 1.82) is 0 Å². The van der Waals surface area contributed by atoms with Crippen molar-refractivity contribution in [3.8, 4) is 39.1 Å². The number of benzene rings is 8. The maximum absolute atomic E-state index is 6.39. The van der Waals surface area contributed by atoms with Gasteiger partial charge >= 0.3 is 0 Å². The Labute approximate surface area is 363 Å². The fourth-order valence-electron chi connectivity index (χ4n) is 9.69. The standard InChI is InChI=1S/C57H39NOS2/c1-35-12-8-9-33-59-54-41(35)31-32-49-53(54)48-30-29-40(34-50(48)57(49,2)3)58(38-25-21-36(22-26-38)42-15-10-17-46-44-13-4-6-19-51(44)60-55(42)46)39-27-23-37(24-28-39)43-16-11-18-47-45-14-5-7-20-52(45)61-56(43)47/h4-34H,1H2,2-3H3/b12-8-,33-9-. The van der Waals surface area contributed by atoms with Crippen LogP contribution in [0, 0.1) is 0 Å². The van der Waals surface area contributed by atoms with Crippen LogP contribution >= 0.6 is 22.7 Å². The number of ether oxygens (including phenoxy) is 1. The smallest absolute Gasteiger partial charge is 0.142 e. The molecular formula is C57H39NOS2. The van der Waals surface area contributed by atoms with Crippen LogP contribution in [0.4, 0.5) is 17.1 Å². The van der Waals surface area contributed by atoms with Gasteiger partial charge in [-0.1, -0.05) is 148 Å². The van der Waals surface area contributed by atoms with Crippen molar-refractivity contribution in [2.24, 2.45) is 0 Å². The van der Waals surface area contributed by atoms with Gasteiger partial charge < -0.3 is 9.64 Å². The fourth-order valence-corrected chi connectivity index (χ4v) is 12.2. The second kappa shape index (κ2) is 13.8. The first-order valence-electron chi connectivity index (χ1n) is 20.8. The lowest BCUT2D eigenvalue weighted by molar-refractivity contribution is 0.480. The van der Waals surface area contributed by atoms with Crippen molar-refractivity contribution in [2.45, 2.75) is 19.3 Å². The third-order valence-corrected chi connectivity index (χ3v) is 15.2. The zero-order chi connectivity index (χ0) is 40.8. The molecule has 0 fully saturated rings. The van der Waals surface area contributed by atoms with E-state index in [1.54, 1.807) is 6.26 Å². The predicted octanol–water partition coefficient (Wildman–Crippen LogP) is 17.0. The first-order chi connectivity index (χ1) is 29.9. The molecule has 0 radical (unpaired) electrons. The number of hydrogen-bond donors (Lipinski definition) is 0. The predicted molar refractivity (Wildman–Crippen MR) is 263 cm³/mol. The Bertz CT molecular complexity index is 3330. The summed E-state index contributed by atoms with van der Waals surface area (Å²) in [7, 11) is 0. The summed E-state index contributed by atoms with van der Waals surface area (Å²) in [6.07, 6.45) is 7.73. The molecule has 8 aromatic carbocycles. The van der Waals surface area contributed by atoms with E-state index in [0.29, 0.717) is 0 Å². The number of allylic oxidation sites excluding steroid dienone is 4. The third-order valence-electron chi connectivity index (χ3n) is 12.7. The Morgan fingerprint density at radius 1 is 0.492 bits per heavy atom. The summed E-state index contributed by atoms with van der Waals surface area (Å²) in [4.78, 5) is 2.41. The zero-order valence-electron chi connectivity index (χ0n) is 33.8. The Morgan fingerprint density at radius 2 is 1.03 bits per heavy atom. The molecule has 2 nitrogen and oxygen atoms in total. The van der Waals surface area contributed by atoms with Crippen molar-refractivity contribution in [3.63, 3.8) is 0 Å². The maximum atomic E-state index is 6.39. The molecule has 290 valence electrons. The minimum absolute atomic E-state index is 0.256. The molecule has 1 aliphatic carbocycles. The van der Waals surface area contributed by atoms with Crippen LogP contribution in [-0.4, -0.2) is 0 Å². The normalized spacial score (nSPS) is 15.0. The monoisotopic (exact) mass is 817 g/mol. The van der Waals surface area contributed by atoms with Crippen molar-refractivity contribution in [2.75, 3.05) is 4.90 Å². The summed E-state index contributed by atoms with van der Waals surface area (Å²) in [5, 5.41) is 5.26. The third kappa shape index (κ3) is 5.60. The molecule has 61 heavy (non-hydrogen) atoms. The van der Waals surface area contributed by atoms with Gasteiger partial charge in [-0.25, -0.2) is 0 Å². The first-order valence-corrected chi connectivity index (χ1v) is 22.4. The van der Waals surface area contributed by atoms with Gasteiger partial charge in [0.1, 0.15) is 5.75 Å². The minimum Gasteiger partial charge on any atom is -0.464 e. The zero-order valence-corrected chi connectivity index (χ0v) is 35.4. The molecule has 0 unspecified atom stereocenters. The molecular weight excluding hydrogens is 779 g/mol. The molecule has 0 saturated carbocycles. The van der Waals surface area contributed by atoms with Crippen LogP contribution in [0.2, 0.25) is 0 Å². The average Bonchev–Trinajstić information content (AvgIpc) is 3.94. The second-order valence-corrected chi connectivity index (χ2v) is 18.6. The molecule has 2 aliphatic rings. The fraction of sp³-hybridized carbons (Fsp3) is 0.0526. The quantitative estimate of drug-likeness (QED) is 0.172. The topological polar surface area (TPSA) is 12.5 Å². The molecule has 0 saturated heterocycles. The SMILES string of the molecule is C=C1/C=C\C=C/Oc2c1ccc1c2-c2ccc(N(c3ccc(-c4cccc5c4sc4ccccc45)cc3)c3ccc(-c4cccc5c4sc4ccccc45)cc3)cc2C1(C)C. The van der Waals surface area contributed by atoms with E-state index in [2.05, 4.69) is 195 Å². The number of fused-ring (bicyclic) bond motifs is 11. The lowest BCUT2D eigenvalue weighted by Crippen LogP contribution is -2.16. The summed E-state index contributed by atoms with van der Waals surface area (Å²) < 4.78 is 11.7. The van der Waals surface area contributed by atoms with Crippen LogP contribution in [0.3, 0.4) is 0 Å². The molecule has 1 aliphatic heterocycles. The van der Waals surface area contributed by atoms with Crippen molar-refractivity contribution >= 4 is 85.7 Å². The summed E-state index contributed by atoms with van der Waals surface area (Å²) in [5.74, 6) is 0.869. The Kier molecular flexibility index (Phi) is 8.12. The highest BCUT2D eigenvalue weighted by molar-refractivity contribution is 7.26. The molecule has 0 atom stereocenters. The minimum atomic E-state index is -0.256. The Morgan fingerprint density at radius 3 is 1.64 bits per heavy atom. The highest BCUT2D eigenvalue weighted by atomic mass is 32.1. The van der Waals surface area contributed by atoms with E-state index in [4.69, 9.17) is 4.74 Å². The number of thiophene rings is 2. The molecule has 2 aromatic heterocycles. The van der Waals surface area contributed by atoms with Gasteiger partial charge in [-0.2, -0.15) is 0 Å². The van der Waals surface area contributed by atoms with Crippen LogP contribution in [0.15, 0.2) is 195 Å². The van der Waals surface area contributed by atoms with Crippen LogP contribution in [0.25, 0.3) is 79.3 Å². The van der Waals surface area contributed by atoms with E-state index in [0.717, 1.165) is 39.5 Å². The highest BCUT2D eigenvalue weighted by Gasteiger charge is 2.39. The van der Waals surface area contributed by atoms with Gasteiger partial charge in [0, 0.05) is 73.9 Å². The first kappa shape index (κ1) is 35.9. The summed E-state index contributed by atoms with van der Waals surface area (Å²) in [6.45, 7) is 9.04. The number of hydrogen-bond acceptors (Lipinski definition) is 4. The lowest BCUT2D eigenvalue weighted by Gasteiger charge is -2.28. The van der Waals surface area contributed by atoms with Gasteiger partial charge in [0.2, 0.25) is 0 Å². The van der Waals surface area contributed by atoms with E-state index in [-0.39, 0.29) is 5.41 Å². The average molecular weight is 818 g/mol. The van der Waals surface area contributed by atoms with Crippen molar-refractivity contribution < 1.29 is 4.74 Å². The van der Waals surface area contributed by atoms with Crippen molar-refractivity contribution in [1.82, 2.24) is 0 Å². The lowest BCUT2D eigenvalue weighted by atomic mass is 9.81. The molecule has 3 heterocycles. The van der Waals surface area contributed by atoms with Gasteiger partial charge in [0.25, 0.3) is 0 Å². The van der Waals surface area contributed by atoms with Crippen LogP contribution in [0.1, 0.15) is 30.5 Å². The van der Waals surface area contributed by atoms with Gasteiger partial charge in [-0.3, -0.25) is 0 Å². The molecule has 12 rings (SSSR count). The van der Waals surface area contributed by atoms with E-state index in [1.807, 2.05) is 34.8 Å². The summed E-state index contributed by atoms with van der Waals surface area (Å²) >= 11 is 3.75. The summed E-state index contributed by atoms with van der Waals surface area (Å²) in [5.41, 5.74) is 14.8. The van der Waals surface area contributed by atoms with Crippen molar-refractivity contribution in [3.05, 3.63) is 212 Å². The van der Waals surface area contributed by atoms with E-state index < -0.39 is 0 Å². The van der Waals surface area contributed by atoms with Crippen LogP contribution < -0.4 is 9.64 Å². The molecule has 4 heteroatoms. The second-order valence-electron chi connectivity index (χ2n) is 16.5. The molecule has 0 amide bonds. The van der Waals surface area contributed by atoms with E-state index in [1.165, 1.54) is 79.3 Å². The van der Waals surface area contributed by atoms with E-state index in [9.17, 15) is 0 Å². The van der Waals surface area contributed by atoms with Gasteiger partial charge in [0.05, 0.1) is 6.26 Å². The number of nitrogens with zero attached hydrogens (tertiary/aromatic N) is 1. The number of rotatable bonds is 5.